The third-order valence-corrected chi connectivity index (χ3v) is 2.85. The number of hydrogen-bond acceptors (Lipinski definition) is 1. The quantitative estimate of drug-likeness (QED) is 0.746. The molecule has 18 heavy (non-hydrogen) atoms. The lowest BCUT2D eigenvalue weighted by Crippen LogP contribution is -2.07. The molecule has 0 aliphatic carbocycles. The van der Waals surface area contributed by atoms with Crippen LogP contribution in [-0.2, 0) is 0 Å². The molecule has 2 aromatic carbocycles. The molecule has 0 saturated heterocycles. The van der Waals surface area contributed by atoms with E-state index in [1.54, 1.807) is 19.1 Å². The second-order valence-corrected chi connectivity index (χ2v) is 4.33. The zero-order valence-electron chi connectivity index (χ0n) is 9.51. The molecule has 4 heteroatoms. The molecule has 1 nitrogen and oxygen atoms in total. The van der Waals surface area contributed by atoms with E-state index in [1.165, 1.54) is 18.2 Å². The van der Waals surface area contributed by atoms with Crippen LogP contribution in [-0.4, -0.2) is 5.78 Å². The van der Waals surface area contributed by atoms with Crippen LogP contribution < -0.4 is 0 Å². The van der Waals surface area contributed by atoms with Crippen molar-refractivity contribution in [2.75, 3.05) is 0 Å². The minimum Gasteiger partial charge on any atom is -0.288 e. The molecule has 0 saturated carbocycles. The van der Waals surface area contributed by atoms with Crippen LogP contribution in [0.3, 0.4) is 0 Å². The van der Waals surface area contributed by atoms with Crippen molar-refractivity contribution >= 4 is 17.4 Å². The van der Waals surface area contributed by atoms with Crippen molar-refractivity contribution in [2.45, 2.75) is 6.92 Å². The second-order valence-electron chi connectivity index (χ2n) is 3.89. The van der Waals surface area contributed by atoms with Crippen LogP contribution in [0.1, 0.15) is 21.5 Å². The van der Waals surface area contributed by atoms with E-state index in [9.17, 15) is 13.6 Å². The molecule has 0 spiro atoms. The summed E-state index contributed by atoms with van der Waals surface area (Å²) in [6.45, 7) is 1.55. The van der Waals surface area contributed by atoms with E-state index >= 15 is 0 Å². The fourth-order valence-corrected chi connectivity index (χ4v) is 1.80. The van der Waals surface area contributed by atoms with Crippen molar-refractivity contribution in [3.8, 4) is 0 Å². The van der Waals surface area contributed by atoms with Crippen molar-refractivity contribution in [1.29, 1.82) is 0 Å². The van der Waals surface area contributed by atoms with Crippen LogP contribution in [0.2, 0.25) is 5.02 Å². The highest BCUT2D eigenvalue weighted by atomic mass is 35.5. The lowest BCUT2D eigenvalue weighted by atomic mass is 10.0. The molecule has 0 fully saturated rings. The third-order valence-electron chi connectivity index (χ3n) is 2.61. The van der Waals surface area contributed by atoms with Gasteiger partial charge in [0.25, 0.3) is 0 Å². The predicted octanol–water partition coefficient (Wildman–Crippen LogP) is 4.16. The number of benzene rings is 2. The van der Waals surface area contributed by atoms with Crippen LogP contribution >= 0.6 is 11.6 Å². The van der Waals surface area contributed by atoms with E-state index in [-0.39, 0.29) is 16.1 Å². The maximum atomic E-state index is 13.8. The Bertz CT molecular complexity index is 623. The van der Waals surface area contributed by atoms with E-state index in [0.29, 0.717) is 5.56 Å². The Labute approximate surface area is 108 Å². The van der Waals surface area contributed by atoms with Crippen molar-refractivity contribution in [2.24, 2.45) is 0 Å². The summed E-state index contributed by atoms with van der Waals surface area (Å²) >= 11 is 5.60. The number of rotatable bonds is 2. The standard InChI is InChI=1S/C14H9ClF2O/c1-8-3-2-4-11(13(8)17)14(18)10-6-5-9(15)7-12(10)16/h2-7H,1H3. The lowest BCUT2D eigenvalue weighted by molar-refractivity contribution is 0.103. The van der Waals surface area contributed by atoms with Gasteiger partial charge in [0.15, 0.2) is 5.78 Å². The monoisotopic (exact) mass is 266 g/mol. The molecule has 0 radical (unpaired) electrons. The van der Waals surface area contributed by atoms with Crippen LogP contribution in [0, 0.1) is 18.6 Å². The van der Waals surface area contributed by atoms with Crippen molar-refractivity contribution in [3.05, 3.63) is 69.7 Å². The Morgan fingerprint density at radius 2 is 1.83 bits per heavy atom. The Hall–Kier alpha value is -1.74. The molecule has 0 aliphatic rings. The highest BCUT2D eigenvalue weighted by Crippen LogP contribution is 2.20. The number of hydrogen-bond donors (Lipinski definition) is 0. The average Bonchev–Trinajstić information content (AvgIpc) is 2.32. The Morgan fingerprint density at radius 1 is 1.11 bits per heavy atom. The molecule has 0 N–H and O–H groups in total. The lowest BCUT2D eigenvalue weighted by Gasteiger charge is -2.06. The first-order valence-electron chi connectivity index (χ1n) is 5.25. The van der Waals surface area contributed by atoms with E-state index in [0.717, 1.165) is 6.07 Å². The van der Waals surface area contributed by atoms with E-state index in [4.69, 9.17) is 11.6 Å². The van der Waals surface area contributed by atoms with Crippen LogP contribution in [0.4, 0.5) is 8.78 Å². The minimum absolute atomic E-state index is 0.142. The normalized spacial score (nSPS) is 10.4. The third kappa shape index (κ3) is 2.27. The molecule has 0 amide bonds. The summed E-state index contributed by atoms with van der Waals surface area (Å²) in [5.41, 5.74) is 0.00958. The van der Waals surface area contributed by atoms with Gasteiger partial charge in [0.05, 0.1) is 11.1 Å². The van der Waals surface area contributed by atoms with Gasteiger partial charge in [-0.3, -0.25) is 4.79 Å². The van der Waals surface area contributed by atoms with Crippen LogP contribution in [0.5, 0.6) is 0 Å². The van der Waals surface area contributed by atoms with Gasteiger partial charge in [0.1, 0.15) is 11.6 Å². The molecular weight excluding hydrogens is 258 g/mol. The fourth-order valence-electron chi connectivity index (χ4n) is 1.64. The van der Waals surface area contributed by atoms with E-state index in [2.05, 4.69) is 0 Å². The number of carbonyl (C=O) groups excluding carboxylic acids is 1. The second kappa shape index (κ2) is 4.86. The van der Waals surface area contributed by atoms with E-state index in [1.807, 2.05) is 0 Å². The fraction of sp³-hybridized carbons (Fsp3) is 0.0714. The van der Waals surface area contributed by atoms with Gasteiger partial charge < -0.3 is 0 Å². The van der Waals surface area contributed by atoms with Gasteiger partial charge in [0, 0.05) is 5.02 Å². The molecule has 0 heterocycles. The summed E-state index contributed by atoms with van der Waals surface area (Å²) in [5.74, 6) is -2.07. The maximum Gasteiger partial charge on any atom is 0.198 e. The Balaban J connectivity index is 2.51. The van der Waals surface area contributed by atoms with Crippen molar-refractivity contribution in [3.63, 3.8) is 0 Å². The summed E-state index contributed by atoms with van der Waals surface area (Å²) in [5, 5.41) is 0.189. The van der Waals surface area contributed by atoms with Gasteiger partial charge in [-0.05, 0) is 36.8 Å². The molecule has 2 aromatic rings. The van der Waals surface area contributed by atoms with Gasteiger partial charge in [-0.25, -0.2) is 8.78 Å². The highest BCUT2D eigenvalue weighted by Gasteiger charge is 2.18. The summed E-state index contributed by atoms with van der Waals surface area (Å²) in [7, 11) is 0. The molecule has 92 valence electrons. The molecule has 2 rings (SSSR count). The Kier molecular flexibility index (Phi) is 3.43. The molecule has 0 unspecified atom stereocenters. The van der Waals surface area contributed by atoms with E-state index < -0.39 is 17.4 Å². The molecule has 0 aromatic heterocycles. The van der Waals surface area contributed by atoms with Crippen molar-refractivity contribution < 1.29 is 13.6 Å². The molecule has 0 atom stereocenters. The number of aryl methyl sites for hydroxylation is 1. The topological polar surface area (TPSA) is 17.1 Å². The summed E-state index contributed by atoms with van der Waals surface area (Å²) < 4.78 is 27.4. The number of halogens is 3. The largest absolute Gasteiger partial charge is 0.288 e. The van der Waals surface area contributed by atoms with Gasteiger partial charge in [0.2, 0.25) is 0 Å². The number of carbonyl (C=O) groups is 1. The zero-order valence-corrected chi connectivity index (χ0v) is 10.3. The van der Waals surface area contributed by atoms with Gasteiger partial charge in [-0.1, -0.05) is 23.7 Å². The number of ketones is 1. The molecule has 0 bridgehead atoms. The summed E-state index contributed by atoms with van der Waals surface area (Å²) in [6, 6.07) is 8.11. The maximum absolute atomic E-state index is 13.8. The molecule has 0 aliphatic heterocycles. The first-order valence-corrected chi connectivity index (χ1v) is 5.63. The van der Waals surface area contributed by atoms with Crippen LogP contribution in [0.15, 0.2) is 36.4 Å². The first-order chi connectivity index (χ1) is 8.50. The van der Waals surface area contributed by atoms with Crippen LogP contribution in [0.25, 0.3) is 0 Å². The van der Waals surface area contributed by atoms with Gasteiger partial charge in [-0.2, -0.15) is 0 Å². The smallest absolute Gasteiger partial charge is 0.198 e. The average molecular weight is 267 g/mol. The summed E-state index contributed by atoms with van der Waals surface area (Å²) in [4.78, 5) is 12.0. The first kappa shape index (κ1) is 12.7. The van der Waals surface area contributed by atoms with Gasteiger partial charge >= 0.3 is 0 Å². The van der Waals surface area contributed by atoms with Crippen molar-refractivity contribution in [1.82, 2.24) is 0 Å². The Morgan fingerprint density at radius 3 is 2.50 bits per heavy atom. The minimum atomic E-state index is -0.756. The molecular formula is C14H9ClF2O. The SMILES string of the molecule is Cc1cccc(C(=O)c2ccc(Cl)cc2F)c1F. The zero-order chi connectivity index (χ0) is 13.3. The highest BCUT2D eigenvalue weighted by molar-refractivity contribution is 6.30. The summed E-state index contributed by atoms with van der Waals surface area (Å²) in [6.07, 6.45) is 0. The predicted molar refractivity (Wildman–Crippen MR) is 66.0 cm³/mol. The van der Waals surface area contributed by atoms with Gasteiger partial charge in [-0.15, -0.1) is 0 Å².